The lowest BCUT2D eigenvalue weighted by Crippen LogP contribution is -2.09. The molecule has 0 aliphatic carbocycles. The molecule has 8 heteroatoms. The van der Waals surface area contributed by atoms with Crippen LogP contribution in [-0.4, -0.2) is 18.1 Å². The van der Waals surface area contributed by atoms with Crippen LogP contribution < -0.4 is 0 Å². The third-order valence-corrected chi connectivity index (χ3v) is 4.18. The van der Waals surface area contributed by atoms with Gasteiger partial charge in [-0.25, -0.2) is 0 Å². The van der Waals surface area contributed by atoms with Crippen molar-refractivity contribution < 1.29 is 22.7 Å². The normalized spacial score (nSPS) is 11.0. The van der Waals surface area contributed by atoms with E-state index in [0.717, 1.165) is 0 Å². The van der Waals surface area contributed by atoms with Crippen molar-refractivity contribution >= 4 is 33.7 Å². The molecule has 0 saturated heterocycles. The minimum Gasteiger partial charge on any atom is -0.466 e. The third kappa shape index (κ3) is 4.72. The maximum atomic E-state index is 12.5. The van der Waals surface area contributed by atoms with Gasteiger partial charge in [0.15, 0.2) is 0 Å². The van der Waals surface area contributed by atoms with Crippen LogP contribution in [-0.2, 0) is 16.0 Å². The number of benzene rings is 1. The lowest BCUT2D eigenvalue weighted by Gasteiger charge is -2.12. The SMILES string of the molecule is CCOC(=O)Cc1ccc(C#N)c(SC(F)(F)F)c1Br. The zero-order chi connectivity index (χ0) is 15.3. The number of ether oxygens (including phenoxy) is 1. The van der Waals surface area contributed by atoms with Gasteiger partial charge in [-0.15, -0.1) is 0 Å². The van der Waals surface area contributed by atoms with Crippen molar-refractivity contribution in [3.63, 3.8) is 0 Å². The summed E-state index contributed by atoms with van der Waals surface area (Å²) in [5, 5.41) is 8.85. The number of esters is 1. The highest BCUT2D eigenvalue weighted by molar-refractivity contribution is 9.10. The van der Waals surface area contributed by atoms with Gasteiger partial charge >= 0.3 is 11.5 Å². The highest BCUT2D eigenvalue weighted by Crippen LogP contribution is 2.43. The molecule has 0 heterocycles. The summed E-state index contributed by atoms with van der Waals surface area (Å²) in [5.74, 6) is -0.541. The summed E-state index contributed by atoms with van der Waals surface area (Å²) < 4.78 is 42.3. The van der Waals surface area contributed by atoms with Crippen LogP contribution in [0.5, 0.6) is 0 Å². The van der Waals surface area contributed by atoms with Crippen LogP contribution >= 0.6 is 27.7 Å². The first-order valence-electron chi connectivity index (χ1n) is 5.41. The number of carbonyl (C=O) groups is 1. The quantitative estimate of drug-likeness (QED) is 0.595. The Hall–Kier alpha value is -1.20. The Kier molecular flexibility index (Phi) is 5.89. The Bertz CT molecular complexity index is 555. The van der Waals surface area contributed by atoms with E-state index in [1.54, 1.807) is 13.0 Å². The second-order valence-corrected chi connectivity index (χ2v) is 5.43. The van der Waals surface area contributed by atoms with E-state index in [1.807, 2.05) is 0 Å². The largest absolute Gasteiger partial charge is 0.466 e. The first-order valence-corrected chi connectivity index (χ1v) is 7.02. The summed E-state index contributed by atoms with van der Waals surface area (Å²) in [6.07, 6.45) is -0.161. The molecule has 1 rings (SSSR count). The average Bonchev–Trinajstić information content (AvgIpc) is 2.33. The summed E-state index contributed by atoms with van der Waals surface area (Å²) in [4.78, 5) is 11.1. The van der Waals surface area contributed by atoms with Crippen molar-refractivity contribution in [3.8, 4) is 6.07 Å². The molecule has 3 nitrogen and oxygen atoms in total. The summed E-state index contributed by atoms with van der Waals surface area (Å²) in [7, 11) is 0. The van der Waals surface area contributed by atoms with Gasteiger partial charge in [0.1, 0.15) is 6.07 Å². The molecule has 0 aromatic heterocycles. The third-order valence-electron chi connectivity index (χ3n) is 2.16. The van der Waals surface area contributed by atoms with Crippen molar-refractivity contribution in [3.05, 3.63) is 27.7 Å². The van der Waals surface area contributed by atoms with Gasteiger partial charge in [-0.3, -0.25) is 4.79 Å². The molecule has 0 saturated carbocycles. The minimum absolute atomic E-state index is 0.0897. The predicted molar refractivity (Wildman–Crippen MR) is 71.1 cm³/mol. The second-order valence-electron chi connectivity index (χ2n) is 3.56. The van der Waals surface area contributed by atoms with Crippen molar-refractivity contribution in [2.45, 2.75) is 23.7 Å². The molecule has 1 aromatic carbocycles. The Labute approximate surface area is 126 Å². The number of carbonyl (C=O) groups excluding carboxylic acids is 1. The maximum absolute atomic E-state index is 12.5. The van der Waals surface area contributed by atoms with Gasteiger partial charge < -0.3 is 4.74 Å². The van der Waals surface area contributed by atoms with Crippen molar-refractivity contribution in [2.24, 2.45) is 0 Å². The summed E-state index contributed by atoms with van der Waals surface area (Å²) in [5.41, 5.74) is -4.28. The van der Waals surface area contributed by atoms with Gasteiger partial charge in [-0.2, -0.15) is 18.4 Å². The fourth-order valence-corrected chi connectivity index (χ4v) is 2.81. The molecule has 0 amide bonds. The molecule has 0 bridgehead atoms. The molecule has 108 valence electrons. The van der Waals surface area contributed by atoms with E-state index in [1.165, 1.54) is 12.1 Å². The molecule has 0 aliphatic rings. The first-order chi connectivity index (χ1) is 9.28. The maximum Gasteiger partial charge on any atom is 0.446 e. The van der Waals surface area contributed by atoms with Gasteiger partial charge in [0.25, 0.3) is 0 Å². The van der Waals surface area contributed by atoms with Crippen LogP contribution in [0.15, 0.2) is 21.5 Å². The molecule has 0 radical (unpaired) electrons. The molecule has 0 unspecified atom stereocenters. The standard InChI is InChI=1S/C12H9BrF3NO2S/c1-2-19-9(18)5-7-3-4-8(6-17)11(10(7)13)20-12(14,15)16/h3-4H,2,5H2,1H3. The molecule has 0 spiro atoms. The Morgan fingerprint density at radius 2 is 2.15 bits per heavy atom. The molecule has 0 aliphatic heterocycles. The summed E-state index contributed by atoms with van der Waals surface area (Å²) in [6.45, 7) is 1.83. The van der Waals surface area contributed by atoms with Gasteiger partial charge in [0.05, 0.1) is 18.6 Å². The van der Waals surface area contributed by atoms with E-state index >= 15 is 0 Å². The van der Waals surface area contributed by atoms with Crippen LogP contribution in [0.1, 0.15) is 18.1 Å². The lowest BCUT2D eigenvalue weighted by atomic mass is 10.1. The number of halogens is 4. The van der Waals surface area contributed by atoms with E-state index in [-0.39, 0.29) is 39.7 Å². The van der Waals surface area contributed by atoms with Crippen LogP contribution in [0.2, 0.25) is 0 Å². The van der Waals surface area contributed by atoms with Crippen LogP contribution in [0.3, 0.4) is 0 Å². The molecule has 0 fully saturated rings. The Balaban J connectivity index is 3.15. The van der Waals surface area contributed by atoms with E-state index in [4.69, 9.17) is 10.00 Å². The van der Waals surface area contributed by atoms with Crippen molar-refractivity contribution in [1.82, 2.24) is 0 Å². The second kappa shape index (κ2) is 6.99. The molecule has 0 N–H and O–H groups in total. The number of rotatable bonds is 4. The number of alkyl halides is 3. The van der Waals surface area contributed by atoms with E-state index in [9.17, 15) is 18.0 Å². The highest BCUT2D eigenvalue weighted by Gasteiger charge is 2.32. The number of hydrogen-bond donors (Lipinski definition) is 0. The van der Waals surface area contributed by atoms with E-state index < -0.39 is 11.5 Å². The smallest absolute Gasteiger partial charge is 0.446 e. The number of thioether (sulfide) groups is 1. The van der Waals surface area contributed by atoms with Crippen LogP contribution in [0, 0.1) is 11.3 Å². The van der Waals surface area contributed by atoms with Crippen LogP contribution in [0.25, 0.3) is 0 Å². The van der Waals surface area contributed by atoms with Gasteiger partial charge in [-0.05, 0) is 46.2 Å². The van der Waals surface area contributed by atoms with E-state index in [2.05, 4.69) is 15.9 Å². The fourth-order valence-electron chi connectivity index (χ4n) is 1.40. The molecule has 1 aromatic rings. The summed E-state index contributed by atoms with van der Waals surface area (Å²) in [6, 6.07) is 4.39. The molecule has 0 atom stereocenters. The minimum atomic E-state index is -4.52. The fraction of sp³-hybridized carbons (Fsp3) is 0.333. The first kappa shape index (κ1) is 16.9. The predicted octanol–water partition coefficient (Wildman–Crippen LogP) is 4.04. The zero-order valence-corrected chi connectivity index (χ0v) is 12.7. The van der Waals surface area contributed by atoms with Gasteiger partial charge in [0, 0.05) is 9.37 Å². The zero-order valence-electron chi connectivity index (χ0n) is 10.3. The van der Waals surface area contributed by atoms with Gasteiger partial charge in [0.2, 0.25) is 0 Å². The van der Waals surface area contributed by atoms with Crippen molar-refractivity contribution in [1.29, 1.82) is 5.26 Å². The van der Waals surface area contributed by atoms with Crippen LogP contribution in [0.4, 0.5) is 13.2 Å². The number of nitrogens with zero attached hydrogens (tertiary/aromatic N) is 1. The topological polar surface area (TPSA) is 50.1 Å². The van der Waals surface area contributed by atoms with E-state index in [0.29, 0.717) is 5.56 Å². The average molecular weight is 368 g/mol. The number of hydrogen-bond acceptors (Lipinski definition) is 4. The highest BCUT2D eigenvalue weighted by atomic mass is 79.9. The van der Waals surface area contributed by atoms with Gasteiger partial charge in [-0.1, -0.05) is 6.07 Å². The Morgan fingerprint density at radius 3 is 2.65 bits per heavy atom. The molecular weight excluding hydrogens is 359 g/mol. The van der Waals surface area contributed by atoms with Crippen molar-refractivity contribution in [2.75, 3.05) is 6.61 Å². The monoisotopic (exact) mass is 367 g/mol. The molecule has 20 heavy (non-hydrogen) atoms. The number of nitriles is 1. The summed E-state index contributed by atoms with van der Waals surface area (Å²) >= 11 is 2.64. The molecular formula is C12H9BrF3NO2S. The Morgan fingerprint density at radius 1 is 1.50 bits per heavy atom. The lowest BCUT2D eigenvalue weighted by molar-refractivity contribution is -0.142.